The van der Waals surface area contributed by atoms with Crippen LogP contribution in [0.2, 0.25) is 0 Å². The molecule has 17 heavy (non-hydrogen) atoms. The van der Waals surface area contributed by atoms with Gasteiger partial charge in [-0.05, 0) is 18.2 Å². The van der Waals surface area contributed by atoms with Crippen LogP contribution in [-0.2, 0) is 9.53 Å². The second-order valence-electron chi connectivity index (χ2n) is 3.08. The molecule has 0 N–H and O–H groups in total. The minimum absolute atomic E-state index is 0.0405. The van der Waals surface area contributed by atoms with E-state index >= 15 is 0 Å². The van der Waals surface area contributed by atoms with Gasteiger partial charge in [-0.3, -0.25) is 4.79 Å². The summed E-state index contributed by atoms with van der Waals surface area (Å²) in [7, 11) is 2.80. The van der Waals surface area contributed by atoms with E-state index in [4.69, 9.17) is 10.00 Å². The standard InChI is InChI=1S/C13H11NO3/c1-16-12-8-10(6-7-11(12)9-14)4-3-5-13(15)17-2/h6-8H,5H2,1-2H3. The molecule has 0 spiro atoms. The van der Waals surface area contributed by atoms with Crippen molar-refractivity contribution in [2.45, 2.75) is 6.42 Å². The highest BCUT2D eigenvalue weighted by Crippen LogP contribution is 2.18. The van der Waals surface area contributed by atoms with Gasteiger partial charge in [0.05, 0.1) is 19.8 Å². The van der Waals surface area contributed by atoms with Crippen molar-refractivity contribution in [1.82, 2.24) is 0 Å². The van der Waals surface area contributed by atoms with Crippen LogP contribution in [0.15, 0.2) is 18.2 Å². The maximum Gasteiger partial charge on any atom is 0.317 e. The van der Waals surface area contributed by atoms with Crippen LogP contribution >= 0.6 is 0 Å². The zero-order chi connectivity index (χ0) is 12.7. The number of ether oxygens (including phenoxy) is 2. The van der Waals surface area contributed by atoms with Gasteiger partial charge in [-0.1, -0.05) is 11.8 Å². The van der Waals surface area contributed by atoms with E-state index in [0.717, 1.165) is 0 Å². The molecule has 0 aliphatic heterocycles. The number of benzene rings is 1. The molecule has 4 nitrogen and oxygen atoms in total. The molecule has 1 aromatic rings. The third kappa shape index (κ3) is 3.55. The summed E-state index contributed by atoms with van der Waals surface area (Å²) < 4.78 is 9.50. The lowest BCUT2D eigenvalue weighted by atomic mass is 10.1. The largest absolute Gasteiger partial charge is 0.495 e. The van der Waals surface area contributed by atoms with Crippen LogP contribution in [0.5, 0.6) is 5.75 Å². The molecule has 0 atom stereocenters. The maximum atomic E-state index is 10.8. The van der Waals surface area contributed by atoms with Crippen LogP contribution in [0.25, 0.3) is 0 Å². The molecule has 0 aromatic heterocycles. The summed E-state index contributed by atoms with van der Waals surface area (Å²) in [4.78, 5) is 10.8. The predicted molar refractivity (Wildman–Crippen MR) is 61.2 cm³/mol. The molecule has 1 rings (SSSR count). The summed E-state index contributed by atoms with van der Waals surface area (Å²) in [6.45, 7) is 0. The average Bonchev–Trinajstić information content (AvgIpc) is 2.38. The molecular weight excluding hydrogens is 218 g/mol. The number of carbonyl (C=O) groups is 1. The topological polar surface area (TPSA) is 59.3 Å². The summed E-state index contributed by atoms with van der Waals surface area (Å²) in [6.07, 6.45) is 0.0405. The van der Waals surface area contributed by atoms with E-state index in [1.165, 1.54) is 14.2 Å². The fraction of sp³-hybridized carbons (Fsp3) is 0.231. The number of nitriles is 1. The van der Waals surface area contributed by atoms with Crippen molar-refractivity contribution in [2.75, 3.05) is 14.2 Å². The van der Waals surface area contributed by atoms with Crippen LogP contribution in [0.4, 0.5) is 0 Å². The quantitative estimate of drug-likeness (QED) is 0.569. The number of methoxy groups -OCH3 is 2. The first-order chi connectivity index (χ1) is 8.21. The second kappa shape index (κ2) is 6.19. The third-order valence-electron chi connectivity index (χ3n) is 2.02. The van der Waals surface area contributed by atoms with Gasteiger partial charge in [-0.15, -0.1) is 0 Å². The summed E-state index contributed by atoms with van der Waals surface area (Å²) in [5.41, 5.74) is 1.13. The van der Waals surface area contributed by atoms with Crippen molar-refractivity contribution < 1.29 is 14.3 Å². The summed E-state index contributed by atoms with van der Waals surface area (Å²) in [5.74, 6) is 5.57. The lowest BCUT2D eigenvalue weighted by molar-refractivity contribution is -0.139. The van der Waals surface area contributed by atoms with Crippen molar-refractivity contribution in [3.8, 4) is 23.7 Å². The Bertz CT molecular complexity index is 518. The van der Waals surface area contributed by atoms with Crippen LogP contribution in [-0.4, -0.2) is 20.2 Å². The van der Waals surface area contributed by atoms with Crippen molar-refractivity contribution in [3.63, 3.8) is 0 Å². The van der Waals surface area contributed by atoms with Gasteiger partial charge in [-0.25, -0.2) is 0 Å². The molecule has 0 saturated carbocycles. The van der Waals surface area contributed by atoms with Gasteiger partial charge in [0.2, 0.25) is 0 Å². The number of esters is 1. The zero-order valence-electron chi connectivity index (χ0n) is 9.61. The van der Waals surface area contributed by atoms with Crippen LogP contribution in [0.3, 0.4) is 0 Å². The van der Waals surface area contributed by atoms with Crippen molar-refractivity contribution >= 4 is 5.97 Å². The Morgan fingerprint density at radius 2 is 2.18 bits per heavy atom. The molecule has 1 aromatic carbocycles. The first-order valence-electron chi connectivity index (χ1n) is 4.85. The minimum atomic E-state index is -0.377. The van der Waals surface area contributed by atoms with Gasteiger partial charge in [-0.2, -0.15) is 5.26 Å². The van der Waals surface area contributed by atoms with Crippen molar-refractivity contribution in [2.24, 2.45) is 0 Å². The Kier molecular flexibility index (Phi) is 4.59. The molecule has 0 saturated heterocycles. The van der Waals surface area contributed by atoms with E-state index in [1.807, 2.05) is 6.07 Å². The highest BCUT2D eigenvalue weighted by Gasteiger charge is 2.01. The monoisotopic (exact) mass is 229 g/mol. The molecule has 0 heterocycles. The van der Waals surface area contributed by atoms with Gasteiger partial charge in [0.25, 0.3) is 0 Å². The van der Waals surface area contributed by atoms with Gasteiger partial charge < -0.3 is 9.47 Å². The third-order valence-corrected chi connectivity index (χ3v) is 2.02. The van der Waals surface area contributed by atoms with Gasteiger partial charge in [0.1, 0.15) is 18.2 Å². The van der Waals surface area contributed by atoms with E-state index in [-0.39, 0.29) is 12.4 Å². The van der Waals surface area contributed by atoms with Crippen LogP contribution < -0.4 is 4.74 Å². The minimum Gasteiger partial charge on any atom is -0.495 e. The van der Waals surface area contributed by atoms with E-state index in [9.17, 15) is 4.79 Å². The number of nitrogens with zero attached hydrogens (tertiary/aromatic N) is 1. The van der Waals surface area contributed by atoms with Crippen LogP contribution in [0, 0.1) is 23.2 Å². The molecule has 0 unspecified atom stereocenters. The lowest BCUT2D eigenvalue weighted by Crippen LogP contribution is -1.97. The first-order valence-corrected chi connectivity index (χ1v) is 4.85. The molecule has 0 radical (unpaired) electrons. The maximum absolute atomic E-state index is 10.8. The Morgan fingerprint density at radius 1 is 1.41 bits per heavy atom. The van der Waals surface area contributed by atoms with E-state index in [0.29, 0.717) is 16.9 Å². The highest BCUT2D eigenvalue weighted by atomic mass is 16.5. The lowest BCUT2D eigenvalue weighted by Gasteiger charge is -2.01. The molecule has 0 fully saturated rings. The molecule has 0 aliphatic carbocycles. The molecule has 4 heteroatoms. The van der Waals surface area contributed by atoms with Crippen LogP contribution in [0.1, 0.15) is 17.5 Å². The Labute approximate surface area is 99.8 Å². The van der Waals surface area contributed by atoms with Crippen molar-refractivity contribution in [1.29, 1.82) is 5.26 Å². The normalized spacial score (nSPS) is 8.53. The number of rotatable bonds is 2. The second-order valence-corrected chi connectivity index (χ2v) is 3.08. The summed E-state index contributed by atoms with van der Waals surface area (Å²) in [5, 5.41) is 8.79. The fourth-order valence-corrected chi connectivity index (χ4v) is 1.15. The molecule has 86 valence electrons. The van der Waals surface area contributed by atoms with Gasteiger partial charge in [0, 0.05) is 5.56 Å². The van der Waals surface area contributed by atoms with Gasteiger partial charge in [0.15, 0.2) is 0 Å². The highest BCUT2D eigenvalue weighted by molar-refractivity contribution is 5.72. The fourth-order valence-electron chi connectivity index (χ4n) is 1.15. The smallest absolute Gasteiger partial charge is 0.317 e. The number of hydrogen-bond acceptors (Lipinski definition) is 4. The molecular formula is C13H11NO3. The molecule has 0 bridgehead atoms. The average molecular weight is 229 g/mol. The van der Waals surface area contributed by atoms with E-state index in [1.54, 1.807) is 18.2 Å². The predicted octanol–water partition coefficient (Wildman–Crippen LogP) is 1.48. The Balaban J connectivity index is 2.87. The van der Waals surface area contributed by atoms with Crippen molar-refractivity contribution in [3.05, 3.63) is 29.3 Å². The SMILES string of the molecule is COC(=O)CC#Cc1ccc(C#N)c(OC)c1. The Hall–Kier alpha value is -2.46. The summed E-state index contributed by atoms with van der Waals surface area (Å²) in [6, 6.07) is 6.99. The van der Waals surface area contributed by atoms with E-state index < -0.39 is 0 Å². The summed E-state index contributed by atoms with van der Waals surface area (Å²) >= 11 is 0. The Morgan fingerprint density at radius 3 is 2.76 bits per heavy atom. The molecule has 0 amide bonds. The van der Waals surface area contributed by atoms with Gasteiger partial charge >= 0.3 is 5.97 Å². The first kappa shape index (κ1) is 12.6. The zero-order valence-corrected chi connectivity index (χ0v) is 9.61. The number of carbonyl (C=O) groups excluding carboxylic acids is 1. The van der Waals surface area contributed by atoms with E-state index in [2.05, 4.69) is 16.6 Å². The number of hydrogen-bond donors (Lipinski definition) is 0. The molecule has 0 aliphatic rings.